The minimum atomic E-state index is -0.258. The van der Waals surface area contributed by atoms with Crippen molar-refractivity contribution in [2.45, 2.75) is 19.8 Å². The fourth-order valence-electron chi connectivity index (χ4n) is 1.73. The molecular weight excluding hydrogens is 292 g/mol. The third kappa shape index (κ3) is 8.32. The van der Waals surface area contributed by atoms with Crippen molar-refractivity contribution < 1.29 is 14.3 Å². The van der Waals surface area contributed by atoms with Crippen LogP contribution in [0.1, 0.15) is 18.9 Å². The van der Waals surface area contributed by atoms with Gasteiger partial charge in [0.15, 0.2) is 0 Å². The summed E-state index contributed by atoms with van der Waals surface area (Å²) in [5.74, 6) is -0.354. The van der Waals surface area contributed by atoms with E-state index in [2.05, 4.69) is 10.6 Å². The van der Waals surface area contributed by atoms with Gasteiger partial charge in [0, 0.05) is 18.1 Å². The van der Waals surface area contributed by atoms with Crippen LogP contribution in [0, 0.1) is 0 Å². The van der Waals surface area contributed by atoms with Gasteiger partial charge in [-0.1, -0.05) is 23.7 Å². The molecule has 0 unspecified atom stereocenters. The van der Waals surface area contributed by atoms with Gasteiger partial charge in [0.25, 0.3) is 0 Å². The van der Waals surface area contributed by atoms with Crippen molar-refractivity contribution in [1.29, 1.82) is 0 Å². The fourth-order valence-corrected chi connectivity index (χ4v) is 1.94. The van der Waals surface area contributed by atoms with Crippen molar-refractivity contribution in [3.05, 3.63) is 34.9 Å². The third-order valence-electron chi connectivity index (χ3n) is 2.72. The zero-order valence-corrected chi connectivity index (χ0v) is 12.9. The zero-order valence-electron chi connectivity index (χ0n) is 12.2. The maximum atomic E-state index is 11.6. The van der Waals surface area contributed by atoms with Crippen molar-refractivity contribution in [3.8, 4) is 0 Å². The van der Waals surface area contributed by atoms with E-state index >= 15 is 0 Å². The van der Waals surface area contributed by atoms with Crippen LogP contribution < -0.4 is 10.6 Å². The number of ether oxygens (including phenoxy) is 1. The van der Waals surface area contributed by atoms with Gasteiger partial charge < -0.3 is 15.4 Å². The molecule has 0 aromatic heterocycles. The Bertz CT molecular complexity index is 466. The summed E-state index contributed by atoms with van der Waals surface area (Å²) in [6.07, 6.45) is 0.999. The van der Waals surface area contributed by atoms with E-state index in [-0.39, 0.29) is 24.8 Å². The lowest BCUT2D eigenvalue weighted by atomic mass is 10.1. The summed E-state index contributed by atoms with van der Waals surface area (Å²) < 4.78 is 4.78. The summed E-state index contributed by atoms with van der Waals surface area (Å²) in [6, 6.07) is 7.55. The smallest absolute Gasteiger partial charge is 0.307 e. The number of halogens is 1. The van der Waals surface area contributed by atoms with Gasteiger partial charge in [-0.05, 0) is 31.0 Å². The Hall–Kier alpha value is -1.59. The van der Waals surface area contributed by atoms with Gasteiger partial charge in [0.1, 0.15) is 0 Å². The maximum Gasteiger partial charge on any atom is 0.307 e. The third-order valence-corrected chi connectivity index (χ3v) is 2.96. The molecule has 1 amide bonds. The van der Waals surface area contributed by atoms with Gasteiger partial charge >= 0.3 is 5.97 Å². The highest BCUT2D eigenvalue weighted by atomic mass is 35.5. The van der Waals surface area contributed by atoms with Gasteiger partial charge in [-0.3, -0.25) is 9.59 Å². The Morgan fingerprint density at radius 3 is 2.81 bits per heavy atom. The van der Waals surface area contributed by atoms with Gasteiger partial charge in [-0.15, -0.1) is 0 Å². The summed E-state index contributed by atoms with van der Waals surface area (Å²) in [5, 5.41) is 6.40. The minimum Gasteiger partial charge on any atom is -0.466 e. The van der Waals surface area contributed by atoms with E-state index in [1.54, 1.807) is 6.92 Å². The van der Waals surface area contributed by atoms with Gasteiger partial charge in [0.05, 0.1) is 19.6 Å². The number of hydrogen-bond donors (Lipinski definition) is 2. The topological polar surface area (TPSA) is 67.4 Å². The molecule has 2 N–H and O–H groups in total. The van der Waals surface area contributed by atoms with Gasteiger partial charge in [0.2, 0.25) is 5.91 Å². The van der Waals surface area contributed by atoms with E-state index in [1.165, 1.54) is 0 Å². The minimum absolute atomic E-state index is 0.0964. The molecule has 0 radical (unpaired) electrons. The standard InChI is InChI=1S/C15H21ClN2O3/c1-2-21-15(20)7-8-17-11-14(19)18-9-6-12-4-3-5-13(16)10-12/h3-5,10,17H,2,6-9,11H2,1H3,(H,18,19). The molecule has 0 fully saturated rings. The Balaban J connectivity index is 2.07. The highest BCUT2D eigenvalue weighted by Crippen LogP contribution is 2.10. The number of carbonyl (C=O) groups is 2. The second-order valence-corrected chi connectivity index (χ2v) is 4.90. The number of carbonyl (C=O) groups excluding carboxylic acids is 2. The van der Waals surface area contributed by atoms with Crippen LogP contribution in [0.2, 0.25) is 5.02 Å². The average Bonchev–Trinajstić information content (AvgIpc) is 2.44. The molecule has 21 heavy (non-hydrogen) atoms. The first-order valence-electron chi connectivity index (χ1n) is 6.99. The molecule has 1 rings (SSSR count). The number of amides is 1. The highest BCUT2D eigenvalue weighted by Gasteiger charge is 2.03. The first-order valence-corrected chi connectivity index (χ1v) is 7.37. The molecule has 6 heteroatoms. The van der Waals surface area contributed by atoms with Crippen molar-refractivity contribution in [2.75, 3.05) is 26.2 Å². The first kappa shape index (κ1) is 17.5. The lowest BCUT2D eigenvalue weighted by molar-refractivity contribution is -0.143. The van der Waals surface area contributed by atoms with Crippen LogP contribution in [0.25, 0.3) is 0 Å². The van der Waals surface area contributed by atoms with Crippen LogP contribution >= 0.6 is 11.6 Å². The predicted octanol–water partition coefficient (Wildman–Crippen LogP) is 1.54. The molecule has 0 heterocycles. The molecule has 1 aromatic carbocycles. The molecule has 0 saturated heterocycles. The molecule has 0 bridgehead atoms. The fraction of sp³-hybridized carbons (Fsp3) is 0.467. The van der Waals surface area contributed by atoms with Crippen molar-refractivity contribution in [1.82, 2.24) is 10.6 Å². The summed E-state index contributed by atoms with van der Waals surface area (Å²) in [4.78, 5) is 22.6. The zero-order chi connectivity index (χ0) is 15.5. The summed E-state index contributed by atoms with van der Waals surface area (Å²) in [7, 11) is 0. The second kappa shape index (κ2) is 10.2. The van der Waals surface area contributed by atoms with E-state index in [0.717, 1.165) is 12.0 Å². The molecule has 0 aliphatic carbocycles. The van der Waals surface area contributed by atoms with E-state index in [4.69, 9.17) is 16.3 Å². The van der Waals surface area contributed by atoms with Crippen molar-refractivity contribution >= 4 is 23.5 Å². The molecule has 116 valence electrons. The van der Waals surface area contributed by atoms with Crippen molar-refractivity contribution in [2.24, 2.45) is 0 Å². The Kier molecular flexibility index (Phi) is 8.47. The van der Waals surface area contributed by atoms with Gasteiger partial charge in [-0.2, -0.15) is 0 Å². The lowest BCUT2D eigenvalue weighted by Crippen LogP contribution is -2.35. The molecule has 0 aliphatic heterocycles. The predicted molar refractivity (Wildman–Crippen MR) is 82.3 cm³/mol. The van der Waals surface area contributed by atoms with Crippen molar-refractivity contribution in [3.63, 3.8) is 0 Å². The maximum absolute atomic E-state index is 11.6. The van der Waals surface area contributed by atoms with Crippen LogP contribution in [0.15, 0.2) is 24.3 Å². The molecular formula is C15H21ClN2O3. The van der Waals surface area contributed by atoms with E-state index in [0.29, 0.717) is 24.7 Å². The largest absolute Gasteiger partial charge is 0.466 e. The number of hydrogen-bond acceptors (Lipinski definition) is 4. The monoisotopic (exact) mass is 312 g/mol. The summed E-state index contributed by atoms with van der Waals surface area (Å²) in [5.41, 5.74) is 1.08. The van der Waals surface area contributed by atoms with E-state index < -0.39 is 0 Å². The first-order chi connectivity index (χ1) is 10.1. The van der Waals surface area contributed by atoms with Gasteiger partial charge in [-0.25, -0.2) is 0 Å². The van der Waals surface area contributed by atoms with E-state index in [9.17, 15) is 9.59 Å². The van der Waals surface area contributed by atoms with Crippen LogP contribution in [-0.4, -0.2) is 38.1 Å². The Morgan fingerprint density at radius 1 is 1.29 bits per heavy atom. The molecule has 5 nitrogen and oxygen atoms in total. The van der Waals surface area contributed by atoms with Crippen LogP contribution in [-0.2, 0) is 20.7 Å². The Morgan fingerprint density at radius 2 is 2.10 bits per heavy atom. The summed E-state index contributed by atoms with van der Waals surface area (Å²) in [6.45, 7) is 3.32. The van der Waals surface area contributed by atoms with Crippen LogP contribution in [0.3, 0.4) is 0 Å². The Labute approximate surface area is 130 Å². The summed E-state index contributed by atoms with van der Waals surface area (Å²) >= 11 is 5.88. The number of benzene rings is 1. The van der Waals surface area contributed by atoms with Crippen LogP contribution in [0.5, 0.6) is 0 Å². The number of esters is 1. The van der Waals surface area contributed by atoms with E-state index in [1.807, 2.05) is 24.3 Å². The quantitative estimate of drug-likeness (QED) is 0.536. The lowest BCUT2D eigenvalue weighted by Gasteiger charge is -2.07. The molecule has 0 atom stereocenters. The number of rotatable bonds is 9. The highest BCUT2D eigenvalue weighted by molar-refractivity contribution is 6.30. The molecule has 0 saturated carbocycles. The van der Waals surface area contributed by atoms with Crippen LogP contribution in [0.4, 0.5) is 0 Å². The molecule has 0 aliphatic rings. The average molecular weight is 313 g/mol. The molecule has 1 aromatic rings. The number of nitrogens with one attached hydrogen (secondary N) is 2. The normalized spacial score (nSPS) is 10.2. The molecule has 0 spiro atoms. The second-order valence-electron chi connectivity index (χ2n) is 4.46. The SMILES string of the molecule is CCOC(=O)CCNCC(=O)NCCc1cccc(Cl)c1.